The summed E-state index contributed by atoms with van der Waals surface area (Å²) in [4.78, 5) is 10.3. The average molecular weight is 602 g/mol. The fourth-order valence-corrected chi connectivity index (χ4v) is 7.51. The Kier molecular flexibility index (Phi) is 4.78. The molecule has 4 heterocycles. The molecular formula is C42H23N3O2. The lowest BCUT2D eigenvalue weighted by Gasteiger charge is -2.11. The summed E-state index contributed by atoms with van der Waals surface area (Å²) in [7, 11) is 0. The fraction of sp³-hybridized carbons (Fsp3) is 0. The Hall–Kier alpha value is -6.46. The van der Waals surface area contributed by atoms with Gasteiger partial charge in [0.25, 0.3) is 0 Å². The van der Waals surface area contributed by atoms with Crippen molar-refractivity contribution < 1.29 is 8.83 Å². The molecule has 0 bridgehead atoms. The second kappa shape index (κ2) is 9.05. The highest BCUT2D eigenvalue weighted by Gasteiger charge is 2.22. The van der Waals surface area contributed by atoms with Gasteiger partial charge in [-0.1, -0.05) is 103 Å². The van der Waals surface area contributed by atoms with Crippen LogP contribution in [0.4, 0.5) is 0 Å². The number of fused-ring (bicyclic) bond motifs is 14. The molecule has 11 aromatic rings. The first-order valence-electron chi connectivity index (χ1n) is 15.8. The minimum atomic E-state index is 0.558. The van der Waals surface area contributed by atoms with Crippen molar-refractivity contribution in [2.45, 2.75) is 0 Å². The monoisotopic (exact) mass is 601 g/mol. The molecule has 0 N–H and O–H groups in total. The molecule has 0 aliphatic heterocycles. The Balaban J connectivity index is 1.24. The molecule has 11 rings (SSSR count). The summed E-state index contributed by atoms with van der Waals surface area (Å²) in [6.07, 6.45) is 0. The van der Waals surface area contributed by atoms with Gasteiger partial charge in [0.2, 0.25) is 0 Å². The number of aromatic nitrogens is 3. The van der Waals surface area contributed by atoms with Gasteiger partial charge in [0.05, 0.1) is 16.7 Å². The van der Waals surface area contributed by atoms with Gasteiger partial charge in [-0.2, -0.15) is 4.98 Å². The maximum Gasteiger partial charge on any atom is 0.307 e. The van der Waals surface area contributed by atoms with Crippen molar-refractivity contribution >= 4 is 82.4 Å². The van der Waals surface area contributed by atoms with Gasteiger partial charge in [-0.25, -0.2) is 4.98 Å². The van der Waals surface area contributed by atoms with Gasteiger partial charge in [0.1, 0.15) is 22.2 Å². The van der Waals surface area contributed by atoms with E-state index < -0.39 is 0 Å². The Bertz CT molecular complexity index is 3080. The van der Waals surface area contributed by atoms with Crippen molar-refractivity contribution in [1.29, 1.82) is 0 Å². The van der Waals surface area contributed by atoms with Gasteiger partial charge in [-0.05, 0) is 63.5 Å². The van der Waals surface area contributed by atoms with Crippen molar-refractivity contribution in [2.75, 3.05) is 0 Å². The van der Waals surface area contributed by atoms with Gasteiger partial charge in [0, 0.05) is 27.3 Å². The summed E-state index contributed by atoms with van der Waals surface area (Å²) in [6, 6.07) is 48.5. The number of para-hydroxylation sites is 3. The molecule has 0 aliphatic carbocycles. The third-order valence-electron chi connectivity index (χ3n) is 9.57. The van der Waals surface area contributed by atoms with Crippen LogP contribution in [0.15, 0.2) is 148 Å². The van der Waals surface area contributed by atoms with E-state index in [-0.39, 0.29) is 0 Å². The quantitative estimate of drug-likeness (QED) is 0.198. The number of oxazole rings is 1. The largest absolute Gasteiger partial charge is 0.455 e. The molecule has 0 spiro atoms. The van der Waals surface area contributed by atoms with Crippen molar-refractivity contribution in [3.63, 3.8) is 0 Å². The Morgan fingerprint density at radius 2 is 1.26 bits per heavy atom. The Labute approximate surface area is 266 Å². The molecule has 0 amide bonds. The number of hydrogen-bond donors (Lipinski definition) is 0. The molecule has 47 heavy (non-hydrogen) atoms. The van der Waals surface area contributed by atoms with E-state index in [0.29, 0.717) is 5.84 Å². The van der Waals surface area contributed by atoms with Crippen LogP contribution in [-0.4, -0.2) is 14.4 Å². The molecular weight excluding hydrogens is 578 g/mol. The molecule has 5 heteroatoms. The molecule has 4 aromatic heterocycles. The van der Waals surface area contributed by atoms with Gasteiger partial charge in [0.15, 0.2) is 5.58 Å². The van der Waals surface area contributed by atoms with Crippen LogP contribution in [-0.2, 0) is 0 Å². The predicted molar refractivity (Wildman–Crippen MR) is 191 cm³/mol. The number of furan rings is 1. The Morgan fingerprint density at radius 1 is 0.511 bits per heavy atom. The molecule has 7 aromatic carbocycles. The van der Waals surface area contributed by atoms with Crippen LogP contribution in [0, 0.1) is 0 Å². The lowest BCUT2D eigenvalue weighted by atomic mass is 9.94. The minimum absolute atomic E-state index is 0.558. The SMILES string of the molecule is c1cc(-c2cc3ccccc3c3c2oc2ccc4ccccc4c23)cc(-c2nc3ccccc3c3nc4oc5ccccc5n4c23)c1. The van der Waals surface area contributed by atoms with Crippen LogP contribution in [0.5, 0.6) is 0 Å². The van der Waals surface area contributed by atoms with Gasteiger partial charge in [-0.3, -0.25) is 4.40 Å². The van der Waals surface area contributed by atoms with E-state index in [1.165, 1.54) is 21.5 Å². The maximum atomic E-state index is 6.77. The second-order valence-corrected chi connectivity index (χ2v) is 12.2. The first-order chi connectivity index (χ1) is 23.3. The third kappa shape index (κ3) is 3.37. The van der Waals surface area contributed by atoms with E-state index >= 15 is 0 Å². The number of nitrogens with zero attached hydrogens (tertiary/aromatic N) is 3. The van der Waals surface area contributed by atoms with Gasteiger partial charge in [-0.15, -0.1) is 0 Å². The molecule has 5 nitrogen and oxygen atoms in total. The highest BCUT2D eigenvalue weighted by atomic mass is 16.4. The van der Waals surface area contributed by atoms with Crippen LogP contribution in [0.2, 0.25) is 0 Å². The van der Waals surface area contributed by atoms with Crippen LogP contribution >= 0.6 is 0 Å². The normalized spacial score (nSPS) is 12.3. The predicted octanol–water partition coefficient (Wildman–Crippen LogP) is 11.3. The van der Waals surface area contributed by atoms with Crippen LogP contribution < -0.4 is 0 Å². The van der Waals surface area contributed by atoms with Crippen molar-refractivity contribution in [1.82, 2.24) is 14.4 Å². The van der Waals surface area contributed by atoms with Crippen molar-refractivity contribution in [3.8, 4) is 22.4 Å². The molecule has 0 aliphatic rings. The first-order valence-corrected chi connectivity index (χ1v) is 15.8. The molecule has 0 saturated carbocycles. The second-order valence-electron chi connectivity index (χ2n) is 12.2. The van der Waals surface area contributed by atoms with Crippen molar-refractivity contribution in [3.05, 3.63) is 140 Å². The van der Waals surface area contributed by atoms with Gasteiger partial charge < -0.3 is 8.83 Å². The smallest absolute Gasteiger partial charge is 0.307 e. The zero-order valence-electron chi connectivity index (χ0n) is 24.9. The van der Waals surface area contributed by atoms with E-state index in [0.717, 1.165) is 77.4 Å². The summed E-state index contributed by atoms with van der Waals surface area (Å²) in [5.41, 5.74) is 10.2. The molecule has 0 unspecified atom stereocenters. The molecule has 0 radical (unpaired) electrons. The third-order valence-corrected chi connectivity index (χ3v) is 9.57. The van der Waals surface area contributed by atoms with E-state index in [1.54, 1.807) is 0 Å². The number of benzene rings is 7. The summed E-state index contributed by atoms with van der Waals surface area (Å²) in [5, 5.41) is 8.04. The lowest BCUT2D eigenvalue weighted by Crippen LogP contribution is -1.92. The van der Waals surface area contributed by atoms with E-state index in [1.807, 2.05) is 36.4 Å². The first kappa shape index (κ1) is 24.8. The molecule has 0 fully saturated rings. The number of imidazole rings is 1. The highest BCUT2D eigenvalue weighted by molar-refractivity contribution is 6.28. The number of rotatable bonds is 2. The summed E-state index contributed by atoms with van der Waals surface area (Å²) >= 11 is 0. The van der Waals surface area contributed by atoms with E-state index in [4.69, 9.17) is 18.8 Å². The van der Waals surface area contributed by atoms with E-state index in [9.17, 15) is 0 Å². The molecule has 0 saturated heterocycles. The fourth-order valence-electron chi connectivity index (χ4n) is 7.51. The van der Waals surface area contributed by atoms with Crippen LogP contribution in [0.25, 0.3) is 105 Å². The zero-order chi connectivity index (χ0) is 30.6. The highest BCUT2D eigenvalue weighted by Crippen LogP contribution is 2.44. The Morgan fingerprint density at radius 3 is 2.17 bits per heavy atom. The average Bonchev–Trinajstić information content (AvgIpc) is 3.82. The van der Waals surface area contributed by atoms with E-state index in [2.05, 4.69) is 108 Å². The molecule has 218 valence electrons. The van der Waals surface area contributed by atoms with Crippen LogP contribution in [0.3, 0.4) is 0 Å². The number of hydrogen-bond acceptors (Lipinski definition) is 4. The standard InChI is InChI=1S/C42H23N3O2/c1-3-14-28-24(10-1)20-21-35-36(28)37-29-15-4-2-11-26(29)23-31(41(37)46-35)25-12-9-13-27(22-25)38-40-39(30-16-5-6-17-32(30)43-38)44-42-45(40)33-18-7-8-19-34(33)47-42/h1-23H. The molecule has 0 atom stereocenters. The van der Waals surface area contributed by atoms with Crippen molar-refractivity contribution in [2.24, 2.45) is 0 Å². The van der Waals surface area contributed by atoms with Gasteiger partial charge >= 0.3 is 5.84 Å². The topological polar surface area (TPSA) is 56.5 Å². The minimum Gasteiger partial charge on any atom is -0.455 e. The summed E-state index contributed by atoms with van der Waals surface area (Å²) in [5.74, 6) is 0.558. The zero-order valence-corrected chi connectivity index (χ0v) is 24.9. The summed E-state index contributed by atoms with van der Waals surface area (Å²) < 4.78 is 15.1. The lowest BCUT2D eigenvalue weighted by molar-refractivity contribution is 0.643. The number of pyridine rings is 1. The summed E-state index contributed by atoms with van der Waals surface area (Å²) in [6.45, 7) is 0. The maximum absolute atomic E-state index is 6.77. The van der Waals surface area contributed by atoms with Crippen LogP contribution in [0.1, 0.15) is 0 Å².